The first-order valence-corrected chi connectivity index (χ1v) is 2.72. The molecule has 0 heterocycles. The van der Waals surface area contributed by atoms with E-state index >= 15 is 0 Å². The molecule has 0 spiro atoms. The summed E-state index contributed by atoms with van der Waals surface area (Å²) in [5.41, 5.74) is -0.538. The molecule has 0 aliphatic carbocycles. The van der Waals surface area contributed by atoms with E-state index < -0.39 is 5.60 Å². The van der Waals surface area contributed by atoms with Crippen LogP contribution in [0.25, 0.3) is 0 Å². The van der Waals surface area contributed by atoms with Crippen molar-refractivity contribution in [2.45, 2.75) is 26.4 Å². The van der Waals surface area contributed by atoms with E-state index in [1.165, 1.54) is 0 Å². The zero-order valence-corrected chi connectivity index (χ0v) is 6.40. The Kier molecular flexibility index (Phi) is 5.24. The highest BCUT2D eigenvalue weighted by Gasteiger charge is 2.12. The molecule has 0 atom stereocenters. The third-order valence-electron chi connectivity index (χ3n) is 0.398. The van der Waals surface area contributed by atoms with Crippen LogP contribution in [-0.4, -0.2) is 10.9 Å². The molecule has 0 fully saturated rings. The smallest absolute Gasteiger partial charge is 0.0984 e. The highest BCUT2D eigenvalue weighted by molar-refractivity contribution is 4.53. The van der Waals surface area contributed by atoms with Gasteiger partial charge in [-0.2, -0.15) is 4.89 Å². The second kappa shape index (κ2) is 5.38. The zero-order valence-electron chi connectivity index (χ0n) is 6.40. The van der Waals surface area contributed by atoms with Gasteiger partial charge in [0.05, 0.1) is 5.60 Å². The van der Waals surface area contributed by atoms with Crippen molar-refractivity contribution >= 4 is 0 Å². The van der Waals surface area contributed by atoms with Crippen LogP contribution in [-0.2, 0) is 30.1 Å². The van der Waals surface area contributed by atoms with Crippen molar-refractivity contribution in [3.05, 3.63) is 0 Å². The fourth-order valence-corrected chi connectivity index (χ4v) is 0.151. The second-order valence-corrected chi connectivity index (χ2v) is 2.54. The van der Waals surface area contributed by atoms with Gasteiger partial charge in [-0.3, -0.25) is 0 Å². The van der Waals surface area contributed by atoms with Crippen LogP contribution < -0.4 is 0 Å². The molecule has 0 rings (SSSR count). The van der Waals surface area contributed by atoms with Crippen molar-refractivity contribution in [2.24, 2.45) is 0 Å². The van der Waals surface area contributed by atoms with E-state index in [1.54, 1.807) is 20.8 Å². The second-order valence-electron chi connectivity index (χ2n) is 2.54. The maximum atomic E-state index is 7.50. The van der Waals surface area contributed by atoms with Gasteiger partial charge in [-0.1, -0.05) is 0 Å². The van der Waals surface area contributed by atoms with Crippen molar-refractivity contribution in [3.63, 3.8) is 0 Å². The molecule has 0 aromatic carbocycles. The predicted molar refractivity (Wildman–Crippen MR) is 28.9 cm³/mol. The molecule has 0 amide bonds. The Morgan fingerprint density at radius 3 is 1.91 bits per heavy atom. The molecule has 1 N–H and O–H groups in total. The lowest BCUT2D eigenvalue weighted by Crippen LogP contribution is -2.19. The predicted octanol–water partition coefficient (Wildman–Crippen LogP) is 0.932. The van der Waals surface area contributed by atoms with E-state index in [1.807, 2.05) is 0 Å². The Bertz CT molecular complexity index is 86.9. The summed E-state index contributed by atoms with van der Waals surface area (Å²) in [6.07, 6.45) is 0. The Labute approximate surface area is 62.9 Å². The van der Waals surface area contributed by atoms with Gasteiger partial charge in [0.25, 0.3) is 0 Å². The van der Waals surface area contributed by atoms with Gasteiger partial charge in [-0.15, -0.1) is 0 Å². The first kappa shape index (κ1) is 10.7. The fourth-order valence-electron chi connectivity index (χ4n) is 0.151. The van der Waals surface area contributed by atoms with Crippen molar-refractivity contribution in [3.8, 4) is 0 Å². The first-order valence-electron chi connectivity index (χ1n) is 2.72. The van der Waals surface area contributed by atoms with Crippen LogP contribution in [0.1, 0.15) is 20.8 Å². The largest absolute Gasteiger partial charge is 0.219 e. The molecule has 0 radical (unpaired) electrons. The van der Waals surface area contributed by atoms with Gasteiger partial charge in [0.15, 0.2) is 0 Å². The molecule has 0 aliphatic rings. The monoisotopic (exact) mass is 170 g/mol. The van der Waals surface area contributed by atoms with Crippen molar-refractivity contribution < 1.29 is 35.3 Å². The Balaban J connectivity index is 3.02. The standard InChI is InChI=1S/C4H10O7/c1-4(2,3)6-8-10-11-9-7-5/h5H,1-3H3. The van der Waals surface area contributed by atoms with Crippen LogP contribution >= 0.6 is 0 Å². The molecule has 7 nitrogen and oxygen atoms in total. The Morgan fingerprint density at radius 1 is 0.909 bits per heavy atom. The van der Waals surface area contributed by atoms with E-state index in [9.17, 15) is 0 Å². The minimum absolute atomic E-state index is 0.538. The Morgan fingerprint density at radius 2 is 1.45 bits per heavy atom. The lowest BCUT2D eigenvalue weighted by atomic mass is 10.2. The molecular weight excluding hydrogens is 160 g/mol. The summed E-state index contributed by atoms with van der Waals surface area (Å²) < 4.78 is 0. The van der Waals surface area contributed by atoms with E-state index in [4.69, 9.17) is 5.26 Å². The molecule has 7 heteroatoms. The van der Waals surface area contributed by atoms with Crippen molar-refractivity contribution in [2.75, 3.05) is 0 Å². The molecule has 0 saturated heterocycles. The molecular formula is C4H10O7. The van der Waals surface area contributed by atoms with Gasteiger partial charge < -0.3 is 0 Å². The Hall–Kier alpha value is -0.280. The van der Waals surface area contributed by atoms with Crippen LogP contribution in [0.5, 0.6) is 0 Å². The summed E-state index contributed by atoms with van der Waals surface area (Å²) in [7, 11) is 0. The molecule has 11 heavy (non-hydrogen) atoms. The summed E-state index contributed by atoms with van der Waals surface area (Å²) in [5.74, 6) is 0. The molecule has 0 saturated carbocycles. The maximum absolute atomic E-state index is 7.50. The summed E-state index contributed by atoms with van der Waals surface area (Å²) in [5, 5.41) is 25.1. The number of rotatable bonds is 5. The quantitative estimate of drug-likeness (QED) is 0.373. The average molecular weight is 170 g/mol. The maximum Gasteiger partial charge on any atom is 0.0984 e. The molecule has 0 aliphatic heterocycles. The third kappa shape index (κ3) is 9.72. The summed E-state index contributed by atoms with van der Waals surface area (Å²) in [6, 6.07) is 0. The van der Waals surface area contributed by atoms with Crippen LogP contribution in [0.2, 0.25) is 0 Å². The fraction of sp³-hybridized carbons (Fsp3) is 1.00. The highest BCUT2D eigenvalue weighted by Crippen LogP contribution is 2.06. The minimum atomic E-state index is -0.538. The van der Waals surface area contributed by atoms with E-state index in [0.717, 1.165) is 0 Å². The van der Waals surface area contributed by atoms with Crippen LogP contribution in [0.15, 0.2) is 0 Å². The topological polar surface area (TPSA) is 75.6 Å². The van der Waals surface area contributed by atoms with Crippen LogP contribution in [0, 0.1) is 0 Å². The molecule has 0 aromatic heterocycles. The van der Waals surface area contributed by atoms with Gasteiger partial charge in [-0.05, 0) is 46.0 Å². The molecule has 0 aromatic rings. The lowest BCUT2D eigenvalue weighted by molar-refractivity contribution is -0.791. The highest BCUT2D eigenvalue weighted by atomic mass is 17.9. The van der Waals surface area contributed by atoms with E-state index in [-0.39, 0.29) is 0 Å². The number of hydrogen-bond donors (Lipinski definition) is 1. The van der Waals surface area contributed by atoms with Gasteiger partial charge >= 0.3 is 0 Å². The van der Waals surface area contributed by atoms with Gasteiger partial charge in [0, 0.05) is 0 Å². The van der Waals surface area contributed by atoms with E-state index in [0.29, 0.717) is 0 Å². The normalized spacial score (nSPS) is 12.0. The summed E-state index contributed by atoms with van der Waals surface area (Å²) in [6.45, 7) is 5.17. The van der Waals surface area contributed by atoms with Crippen molar-refractivity contribution in [1.82, 2.24) is 0 Å². The number of hydrogen-bond acceptors (Lipinski definition) is 7. The molecule has 68 valence electrons. The van der Waals surface area contributed by atoms with Crippen LogP contribution in [0.4, 0.5) is 0 Å². The summed E-state index contributed by atoms with van der Waals surface area (Å²) in [4.78, 5) is 4.51. The average Bonchev–Trinajstić information content (AvgIpc) is 1.85. The van der Waals surface area contributed by atoms with E-state index in [2.05, 4.69) is 30.1 Å². The van der Waals surface area contributed by atoms with Crippen molar-refractivity contribution in [1.29, 1.82) is 0 Å². The SMILES string of the molecule is CC(C)(C)OOOOOOO. The minimum Gasteiger partial charge on any atom is -0.219 e. The third-order valence-corrected chi connectivity index (χ3v) is 0.398. The lowest BCUT2D eigenvalue weighted by Gasteiger charge is -2.14. The van der Waals surface area contributed by atoms with Gasteiger partial charge in [0.1, 0.15) is 0 Å². The molecule has 0 unspecified atom stereocenters. The summed E-state index contributed by atoms with van der Waals surface area (Å²) >= 11 is 0. The first-order chi connectivity index (χ1) is 5.06. The zero-order chi connectivity index (χ0) is 8.74. The molecule has 0 bridgehead atoms. The van der Waals surface area contributed by atoms with Gasteiger partial charge in [0.2, 0.25) is 0 Å². The van der Waals surface area contributed by atoms with Crippen LogP contribution in [0.3, 0.4) is 0 Å². The van der Waals surface area contributed by atoms with Gasteiger partial charge in [-0.25, -0.2) is 5.26 Å².